The van der Waals surface area contributed by atoms with Crippen LogP contribution in [0.3, 0.4) is 0 Å². The van der Waals surface area contributed by atoms with E-state index in [9.17, 15) is 0 Å². The van der Waals surface area contributed by atoms with Gasteiger partial charge in [-0.25, -0.2) is 0 Å². The van der Waals surface area contributed by atoms with E-state index >= 15 is 13.2 Å². The molecule has 8 rings (SSSR count). The lowest BCUT2D eigenvalue weighted by atomic mass is 9.80. The van der Waals surface area contributed by atoms with Crippen LogP contribution in [0, 0.1) is 118 Å². The van der Waals surface area contributed by atoms with Gasteiger partial charge in [-0.2, -0.15) is 13.2 Å². The molecule has 6 aromatic carbocycles. The number of hydrogen-bond acceptors (Lipinski definition) is 2. The van der Waals surface area contributed by atoms with E-state index in [0.717, 1.165) is 63.7 Å². The zero-order valence-electron chi connectivity index (χ0n) is 39.4. The number of halogens is 3. The Hall–Kier alpha value is -5.29. The van der Waals surface area contributed by atoms with E-state index < -0.39 is 11.7 Å². The molecular weight excluding hydrogens is 758 g/mol. The molecule has 2 heterocycles. The van der Waals surface area contributed by atoms with Crippen LogP contribution in [0.15, 0.2) is 36.4 Å². The molecule has 0 saturated carbocycles. The molecule has 0 bridgehead atoms. The maximum atomic E-state index is 15.5. The van der Waals surface area contributed by atoms with Crippen molar-refractivity contribution in [2.45, 2.75) is 137 Å². The van der Waals surface area contributed by atoms with Crippen LogP contribution in [-0.2, 0) is 19.0 Å². The Morgan fingerprint density at radius 3 is 0.934 bits per heavy atom. The summed E-state index contributed by atoms with van der Waals surface area (Å²) in [4.78, 5) is 4.68. The summed E-state index contributed by atoms with van der Waals surface area (Å²) in [5, 5.41) is 0. The predicted molar refractivity (Wildman–Crippen MR) is 252 cm³/mol. The second kappa shape index (κ2) is 14.4. The minimum absolute atomic E-state index is 0.188. The number of benzene rings is 6. The van der Waals surface area contributed by atoms with Crippen LogP contribution in [0.4, 0.5) is 47.3 Å². The van der Waals surface area contributed by atoms with Gasteiger partial charge in [0, 0.05) is 24.2 Å². The number of anilines is 6. The standard InChI is InChI=1S/C56H61F3N2/c1-26-18-19-43(60-52-39(14)31(6)27(2)35(10)46(52)24-47-36(11)28(3)32(7)40(15)53(47)60)22-45(26)50-23-44(20-21-51(50)56(57,58)59)61-54-41(16)33(8)29(4)37(12)48(54)25-49-38(13)30(5)34(9)42(17)55(49)61/h18-23H,24-25H2,1-17H3. The second-order valence-corrected chi connectivity index (χ2v) is 18.6. The molecule has 0 fully saturated rings. The molecule has 2 aliphatic heterocycles. The zero-order chi connectivity index (χ0) is 44.6. The SMILES string of the molecule is Cc1ccc(N2c3c(C)c(C)c(C)c(C)c3Cc3c(C)c(C)c(C)c(C)c32)cc1-c1cc(N2c3c(C)c(C)c(C)c(C)c3Cc3c(C)c(C)c(C)c(C)c32)ccc1C(F)(F)F. The Labute approximate surface area is 362 Å². The van der Waals surface area contributed by atoms with E-state index in [1.165, 1.54) is 106 Å². The summed E-state index contributed by atoms with van der Waals surface area (Å²) in [7, 11) is 0. The van der Waals surface area contributed by atoms with Crippen LogP contribution in [0.5, 0.6) is 0 Å². The van der Waals surface area contributed by atoms with Crippen LogP contribution in [0.1, 0.15) is 122 Å². The third kappa shape index (κ3) is 6.03. The van der Waals surface area contributed by atoms with Crippen molar-refractivity contribution in [3.63, 3.8) is 0 Å². The molecule has 6 aromatic rings. The van der Waals surface area contributed by atoms with E-state index in [4.69, 9.17) is 0 Å². The Morgan fingerprint density at radius 1 is 0.344 bits per heavy atom. The summed E-state index contributed by atoms with van der Waals surface area (Å²) in [6, 6.07) is 11.0. The average molecular weight is 819 g/mol. The van der Waals surface area contributed by atoms with Crippen LogP contribution >= 0.6 is 0 Å². The Balaban J connectivity index is 1.45. The molecule has 0 atom stereocenters. The van der Waals surface area contributed by atoms with Crippen molar-refractivity contribution >= 4 is 34.1 Å². The minimum Gasteiger partial charge on any atom is -0.309 e. The molecular formula is C56H61F3N2. The molecule has 0 unspecified atom stereocenters. The van der Waals surface area contributed by atoms with Gasteiger partial charge in [0.2, 0.25) is 0 Å². The number of hydrogen-bond donors (Lipinski definition) is 0. The van der Waals surface area contributed by atoms with E-state index in [-0.39, 0.29) is 5.56 Å². The molecule has 0 N–H and O–H groups in total. The van der Waals surface area contributed by atoms with Gasteiger partial charge >= 0.3 is 6.18 Å². The molecule has 0 spiro atoms. The fourth-order valence-electron chi connectivity index (χ4n) is 10.8. The molecule has 0 aromatic heterocycles. The van der Waals surface area contributed by atoms with Crippen molar-refractivity contribution < 1.29 is 13.2 Å². The number of nitrogens with zero attached hydrogens (tertiary/aromatic N) is 2. The van der Waals surface area contributed by atoms with Crippen molar-refractivity contribution in [2.24, 2.45) is 0 Å². The molecule has 61 heavy (non-hydrogen) atoms. The Morgan fingerprint density at radius 2 is 0.623 bits per heavy atom. The second-order valence-electron chi connectivity index (χ2n) is 18.6. The van der Waals surface area contributed by atoms with E-state index in [1.807, 2.05) is 25.1 Å². The Bertz CT molecular complexity index is 2780. The summed E-state index contributed by atoms with van der Waals surface area (Å²) in [5.74, 6) is 0. The van der Waals surface area contributed by atoms with Gasteiger partial charge in [0.15, 0.2) is 0 Å². The third-order valence-electron chi connectivity index (χ3n) is 16.1. The van der Waals surface area contributed by atoms with E-state index in [2.05, 4.69) is 127 Å². The summed E-state index contributed by atoms with van der Waals surface area (Å²) >= 11 is 0. The van der Waals surface area contributed by atoms with Gasteiger partial charge in [0.1, 0.15) is 0 Å². The summed E-state index contributed by atoms with van der Waals surface area (Å²) < 4.78 is 46.6. The van der Waals surface area contributed by atoms with Crippen molar-refractivity contribution in [1.82, 2.24) is 0 Å². The van der Waals surface area contributed by atoms with Gasteiger partial charge in [-0.15, -0.1) is 0 Å². The predicted octanol–water partition coefficient (Wildman–Crippen LogP) is 16.4. The van der Waals surface area contributed by atoms with Gasteiger partial charge < -0.3 is 9.80 Å². The summed E-state index contributed by atoms with van der Waals surface area (Å²) in [5.41, 5.74) is 31.9. The lowest BCUT2D eigenvalue weighted by molar-refractivity contribution is -0.137. The first-order valence-corrected chi connectivity index (χ1v) is 21.8. The molecule has 0 saturated heterocycles. The highest BCUT2D eigenvalue weighted by molar-refractivity contribution is 5.94. The van der Waals surface area contributed by atoms with Gasteiger partial charge in [-0.05, 0) is 276 Å². The van der Waals surface area contributed by atoms with Crippen molar-refractivity contribution in [3.8, 4) is 11.1 Å². The molecule has 2 aliphatic rings. The fourth-order valence-corrected chi connectivity index (χ4v) is 10.8. The topological polar surface area (TPSA) is 6.48 Å². The number of fused-ring (bicyclic) bond motifs is 4. The largest absolute Gasteiger partial charge is 0.417 e. The van der Waals surface area contributed by atoms with Crippen LogP contribution < -0.4 is 9.80 Å². The number of aryl methyl sites for hydroxylation is 1. The van der Waals surface area contributed by atoms with Gasteiger partial charge in [-0.1, -0.05) is 6.07 Å². The number of alkyl halides is 3. The van der Waals surface area contributed by atoms with Crippen molar-refractivity contribution in [2.75, 3.05) is 9.80 Å². The van der Waals surface area contributed by atoms with Crippen LogP contribution in [0.2, 0.25) is 0 Å². The normalized spacial score (nSPS) is 13.4. The van der Waals surface area contributed by atoms with Crippen LogP contribution in [-0.4, -0.2) is 0 Å². The first kappa shape index (κ1) is 42.4. The maximum absolute atomic E-state index is 15.5. The smallest absolute Gasteiger partial charge is 0.309 e. The molecule has 0 aliphatic carbocycles. The minimum atomic E-state index is -4.58. The Kier molecular flexibility index (Phi) is 10.0. The summed E-state index contributed by atoms with van der Waals surface area (Å²) in [6.45, 7) is 37.1. The molecule has 0 amide bonds. The highest BCUT2D eigenvalue weighted by atomic mass is 19.4. The van der Waals surface area contributed by atoms with Gasteiger partial charge in [0.25, 0.3) is 0 Å². The summed E-state index contributed by atoms with van der Waals surface area (Å²) in [6.07, 6.45) is -2.98. The van der Waals surface area contributed by atoms with Crippen molar-refractivity contribution in [1.29, 1.82) is 0 Å². The average Bonchev–Trinajstić information content (AvgIpc) is 3.23. The lowest BCUT2D eigenvalue weighted by Gasteiger charge is -2.40. The highest BCUT2D eigenvalue weighted by Crippen LogP contribution is 2.55. The zero-order valence-corrected chi connectivity index (χ0v) is 39.4. The first-order valence-electron chi connectivity index (χ1n) is 21.8. The van der Waals surface area contributed by atoms with Crippen molar-refractivity contribution in [3.05, 3.63) is 159 Å². The molecule has 0 radical (unpaired) electrons. The fraction of sp³-hybridized carbons (Fsp3) is 0.357. The molecule has 2 nitrogen and oxygen atoms in total. The van der Waals surface area contributed by atoms with Crippen LogP contribution in [0.25, 0.3) is 11.1 Å². The highest BCUT2D eigenvalue weighted by Gasteiger charge is 2.38. The molecule has 5 heteroatoms. The monoisotopic (exact) mass is 818 g/mol. The first-order chi connectivity index (χ1) is 28.5. The lowest BCUT2D eigenvalue weighted by Crippen LogP contribution is -2.25. The quantitative estimate of drug-likeness (QED) is 0.175. The van der Waals surface area contributed by atoms with Gasteiger partial charge in [0.05, 0.1) is 28.3 Å². The van der Waals surface area contributed by atoms with E-state index in [0.29, 0.717) is 5.56 Å². The maximum Gasteiger partial charge on any atom is 0.417 e. The third-order valence-corrected chi connectivity index (χ3v) is 16.1. The number of rotatable bonds is 3. The van der Waals surface area contributed by atoms with E-state index in [1.54, 1.807) is 6.07 Å². The molecule has 316 valence electrons. The van der Waals surface area contributed by atoms with Gasteiger partial charge in [-0.3, -0.25) is 0 Å².